The lowest BCUT2D eigenvalue weighted by Crippen LogP contribution is -2.46. The Kier molecular flexibility index (Phi) is 7.34. The third-order valence-corrected chi connectivity index (χ3v) is 9.18. The molecular formula is C30H40FNO3. The van der Waals surface area contributed by atoms with Crippen LogP contribution in [0.15, 0.2) is 30.3 Å². The fourth-order valence-corrected chi connectivity index (χ4v) is 7.23. The summed E-state index contributed by atoms with van der Waals surface area (Å²) in [6.07, 6.45) is 10.6. The van der Waals surface area contributed by atoms with E-state index in [1.54, 1.807) is 0 Å². The fourth-order valence-electron chi connectivity index (χ4n) is 7.23. The second kappa shape index (κ2) is 10.5. The van der Waals surface area contributed by atoms with E-state index < -0.39 is 12.6 Å². The third-order valence-electron chi connectivity index (χ3n) is 9.18. The lowest BCUT2D eigenvalue weighted by molar-refractivity contribution is -0.144. The highest BCUT2D eigenvalue weighted by Crippen LogP contribution is 2.45. The molecule has 0 aromatic heterocycles. The molecule has 35 heavy (non-hydrogen) atoms. The van der Waals surface area contributed by atoms with E-state index in [-0.39, 0.29) is 18.1 Å². The van der Waals surface area contributed by atoms with Crippen molar-refractivity contribution in [1.82, 2.24) is 4.90 Å². The van der Waals surface area contributed by atoms with Gasteiger partial charge in [0.1, 0.15) is 12.4 Å². The highest BCUT2D eigenvalue weighted by molar-refractivity contribution is 5.88. The van der Waals surface area contributed by atoms with Gasteiger partial charge in [-0.1, -0.05) is 38.5 Å². The second-order valence-corrected chi connectivity index (χ2v) is 11.1. The number of carboxylic acids is 1. The van der Waals surface area contributed by atoms with Crippen molar-refractivity contribution < 1.29 is 19.0 Å². The molecule has 2 aromatic carbocycles. The molecule has 0 radical (unpaired) electrons. The summed E-state index contributed by atoms with van der Waals surface area (Å²) in [4.78, 5) is 14.2. The summed E-state index contributed by atoms with van der Waals surface area (Å²) in [5, 5.41) is 11.6. The monoisotopic (exact) mass is 481 g/mol. The minimum absolute atomic E-state index is 0.188. The fraction of sp³-hybridized carbons (Fsp3) is 0.633. The highest BCUT2D eigenvalue weighted by atomic mass is 19.1. The zero-order chi connectivity index (χ0) is 24.5. The first-order valence-corrected chi connectivity index (χ1v) is 13.8. The van der Waals surface area contributed by atoms with Gasteiger partial charge >= 0.3 is 5.97 Å². The third kappa shape index (κ3) is 4.81. The Hall–Kier alpha value is -2.14. The summed E-state index contributed by atoms with van der Waals surface area (Å²) in [6, 6.07) is 11.5. The van der Waals surface area contributed by atoms with Crippen molar-refractivity contribution in [2.45, 2.75) is 109 Å². The molecule has 1 N–H and O–H groups in total. The number of alkyl halides is 1. The van der Waals surface area contributed by atoms with Gasteiger partial charge in [-0.3, -0.25) is 9.69 Å². The van der Waals surface area contributed by atoms with Gasteiger partial charge in [-0.25, -0.2) is 4.39 Å². The molecule has 3 fully saturated rings. The molecule has 2 aliphatic heterocycles. The molecule has 3 aliphatic rings. The van der Waals surface area contributed by atoms with Crippen LogP contribution in [-0.2, 0) is 11.5 Å². The number of aliphatic carboxylic acids is 1. The molecule has 0 amide bonds. The predicted octanol–water partition coefficient (Wildman–Crippen LogP) is 7.44. The normalized spacial score (nSPS) is 29.9. The topological polar surface area (TPSA) is 49.8 Å². The molecule has 3 atom stereocenters. The first kappa shape index (κ1) is 24.5. The maximum Gasteiger partial charge on any atom is 0.306 e. The Morgan fingerprint density at radius 1 is 1.06 bits per heavy atom. The van der Waals surface area contributed by atoms with Gasteiger partial charge < -0.3 is 9.84 Å². The van der Waals surface area contributed by atoms with Crippen molar-refractivity contribution in [1.29, 1.82) is 0 Å². The van der Waals surface area contributed by atoms with Gasteiger partial charge in [-0.2, -0.15) is 0 Å². The van der Waals surface area contributed by atoms with E-state index in [9.17, 15) is 14.3 Å². The predicted molar refractivity (Wildman–Crippen MR) is 137 cm³/mol. The van der Waals surface area contributed by atoms with Crippen LogP contribution >= 0.6 is 0 Å². The summed E-state index contributed by atoms with van der Waals surface area (Å²) in [5.41, 5.74) is 1.92. The minimum atomic E-state index is -0.643. The Balaban J connectivity index is 1.37. The molecule has 2 heterocycles. The smallest absolute Gasteiger partial charge is 0.306 e. The second-order valence-electron chi connectivity index (χ2n) is 11.1. The molecule has 1 aliphatic carbocycles. The number of ether oxygens (including phenoxy) is 1. The van der Waals surface area contributed by atoms with E-state index in [4.69, 9.17) is 4.74 Å². The molecule has 5 heteroatoms. The van der Waals surface area contributed by atoms with Crippen LogP contribution in [0.2, 0.25) is 0 Å². The number of benzene rings is 2. The zero-order valence-electron chi connectivity index (χ0n) is 21.2. The first-order valence-electron chi connectivity index (χ1n) is 13.8. The van der Waals surface area contributed by atoms with Crippen LogP contribution in [0.3, 0.4) is 0 Å². The largest absolute Gasteiger partial charge is 0.490 e. The van der Waals surface area contributed by atoms with Crippen molar-refractivity contribution in [2.24, 2.45) is 11.8 Å². The van der Waals surface area contributed by atoms with E-state index in [1.807, 2.05) is 6.07 Å². The van der Waals surface area contributed by atoms with Crippen LogP contribution in [0.5, 0.6) is 5.75 Å². The number of rotatable bonds is 8. The lowest BCUT2D eigenvalue weighted by Gasteiger charge is -2.42. The quantitative estimate of drug-likeness (QED) is 0.426. The van der Waals surface area contributed by atoms with Crippen molar-refractivity contribution in [3.05, 3.63) is 41.5 Å². The van der Waals surface area contributed by atoms with Crippen molar-refractivity contribution in [3.63, 3.8) is 0 Å². The molecule has 4 nitrogen and oxygen atoms in total. The van der Waals surface area contributed by atoms with Gasteiger partial charge in [0.05, 0.1) is 12.0 Å². The summed E-state index contributed by atoms with van der Waals surface area (Å²) in [5.74, 6) is 0.659. The van der Waals surface area contributed by atoms with Crippen LogP contribution in [0, 0.1) is 11.8 Å². The Morgan fingerprint density at radius 2 is 1.77 bits per heavy atom. The van der Waals surface area contributed by atoms with Gasteiger partial charge in [0, 0.05) is 23.7 Å². The average molecular weight is 482 g/mol. The molecule has 2 unspecified atom stereocenters. The summed E-state index contributed by atoms with van der Waals surface area (Å²) < 4.78 is 20.6. The molecule has 2 saturated heterocycles. The minimum Gasteiger partial charge on any atom is -0.490 e. The van der Waals surface area contributed by atoms with Crippen LogP contribution in [0.4, 0.5) is 4.39 Å². The van der Waals surface area contributed by atoms with E-state index in [0.717, 1.165) is 61.6 Å². The molecule has 2 aromatic rings. The SMILES string of the molecule is CC[C@@H](c1ccc2c(CF)c(O[C@H]3CC[C@@H](CC)CC3)ccc2c1)N1C2CCC1CC(C(=O)O)C2. The number of hydrogen-bond donors (Lipinski definition) is 1. The number of fused-ring (bicyclic) bond motifs is 3. The van der Waals surface area contributed by atoms with E-state index in [0.29, 0.717) is 23.4 Å². The highest BCUT2D eigenvalue weighted by Gasteiger charge is 2.45. The van der Waals surface area contributed by atoms with Gasteiger partial charge in [0.15, 0.2) is 0 Å². The van der Waals surface area contributed by atoms with Crippen molar-refractivity contribution >= 4 is 16.7 Å². The summed E-state index contributed by atoms with van der Waals surface area (Å²) >= 11 is 0. The number of carboxylic acid groups (broad SMARTS) is 1. The van der Waals surface area contributed by atoms with Crippen molar-refractivity contribution in [2.75, 3.05) is 0 Å². The van der Waals surface area contributed by atoms with Crippen LogP contribution in [-0.4, -0.2) is 34.2 Å². The maximum absolute atomic E-state index is 14.3. The molecule has 0 spiro atoms. The van der Waals surface area contributed by atoms with Crippen LogP contribution in [0.1, 0.15) is 95.2 Å². The molecule has 5 rings (SSSR count). The zero-order valence-corrected chi connectivity index (χ0v) is 21.2. The molecule has 1 saturated carbocycles. The first-order chi connectivity index (χ1) is 17.0. The number of nitrogens with zero attached hydrogens (tertiary/aromatic N) is 1. The Bertz CT molecular complexity index is 1030. The summed E-state index contributed by atoms with van der Waals surface area (Å²) in [7, 11) is 0. The molecule has 2 bridgehead atoms. The Morgan fingerprint density at radius 3 is 2.37 bits per heavy atom. The standard InChI is InChI=1S/C30H40FNO3/c1-3-19-5-11-25(12-6-19)35-29-14-8-20-15-21(7-13-26(20)27(29)18-31)28(4-2)32-23-9-10-24(32)17-22(16-23)30(33)34/h7-8,13-15,19,22-25,28H,3-6,9-12,16-18H2,1-2H3,(H,33,34)/t19-,22?,23?,24?,25+,28-/m0/s1. The summed E-state index contributed by atoms with van der Waals surface area (Å²) in [6.45, 7) is 3.95. The van der Waals surface area contributed by atoms with Crippen molar-refractivity contribution in [3.8, 4) is 5.75 Å². The van der Waals surface area contributed by atoms with Crippen LogP contribution in [0.25, 0.3) is 10.8 Å². The number of halogens is 1. The van der Waals surface area contributed by atoms with Gasteiger partial charge in [0.25, 0.3) is 0 Å². The molecular weight excluding hydrogens is 441 g/mol. The maximum atomic E-state index is 14.3. The number of piperidine rings is 1. The van der Waals surface area contributed by atoms with Gasteiger partial charge in [0.2, 0.25) is 0 Å². The number of hydrogen-bond acceptors (Lipinski definition) is 3. The van der Waals surface area contributed by atoms with E-state index in [2.05, 4.69) is 43.0 Å². The van der Waals surface area contributed by atoms with E-state index >= 15 is 0 Å². The lowest BCUT2D eigenvalue weighted by atomic mass is 9.86. The van der Waals surface area contributed by atoms with Gasteiger partial charge in [-0.05, 0) is 92.2 Å². The average Bonchev–Trinajstić information content (AvgIpc) is 3.12. The van der Waals surface area contributed by atoms with E-state index in [1.165, 1.54) is 24.8 Å². The van der Waals surface area contributed by atoms with Crippen LogP contribution < -0.4 is 4.74 Å². The number of carbonyl (C=O) groups is 1. The Labute approximate surface area is 208 Å². The molecule has 190 valence electrons. The van der Waals surface area contributed by atoms with Gasteiger partial charge in [-0.15, -0.1) is 0 Å².